The first kappa shape index (κ1) is 33.5. The third kappa shape index (κ3) is 7.27. The molecule has 0 bridgehead atoms. The van der Waals surface area contributed by atoms with Crippen LogP contribution in [0.2, 0.25) is 0 Å². The fourth-order valence-corrected chi connectivity index (χ4v) is 5.37. The van der Waals surface area contributed by atoms with Gasteiger partial charge in [-0.15, -0.1) is 0 Å². The quantitative estimate of drug-likeness (QED) is 0.196. The first-order valence-corrected chi connectivity index (χ1v) is 14.4. The molecule has 1 aliphatic rings. The average Bonchev–Trinajstić information content (AvgIpc) is 3.34. The van der Waals surface area contributed by atoms with Crippen molar-refractivity contribution in [3.05, 3.63) is 70.2 Å². The predicted molar refractivity (Wildman–Crippen MR) is 154 cm³/mol. The number of fused-ring (bicyclic) bond motifs is 1. The summed E-state index contributed by atoms with van der Waals surface area (Å²) in [5.41, 5.74) is -5.69. The first-order valence-electron chi connectivity index (χ1n) is 13.9. The lowest BCUT2D eigenvalue weighted by atomic mass is 9.91. The summed E-state index contributed by atoms with van der Waals surface area (Å²) in [5.74, 6) is -3.14. The van der Waals surface area contributed by atoms with Crippen LogP contribution < -0.4 is 9.80 Å². The molecule has 15 heteroatoms. The number of carbonyl (C=O) groups is 1. The van der Waals surface area contributed by atoms with Crippen LogP contribution in [0.5, 0.6) is 0 Å². The van der Waals surface area contributed by atoms with Gasteiger partial charge in [-0.1, -0.05) is 16.2 Å². The van der Waals surface area contributed by atoms with Crippen molar-refractivity contribution in [2.45, 2.75) is 90.0 Å². The number of pyridine rings is 1. The summed E-state index contributed by atoms with van der Waals surface area (Å²) in [4.78, 5) is 20.4. The number of ether oxygens (including phenoxy) is 1. The highest BCUT2D eigenvalue weighted by molar-refractivity contribution is 7.17. The number of rotatable bonds is 8. The van der Waals surface area contributed by atoms with E-state index in [0.717, 1.165) is 18.2 Å². The molecule has 3 atom stereocenters. The summed E-state index contributed by atoms with van der Waals surface area (Å²) in [6.45, 7) is 7.12. The van der Waals surface area contributed by atoms with Gasteiger partial charge in [-0.25, -0.2) is 9.78 Å². The van der Waals surface area contributed by atoms with E-state index in [4.69, 9.17) is 4.74 Å². The van der Waals surface area contributed by atoms with Crippen molar-refractivity contribution < 1.29 is 40.3 Å². The van der Waals surface area contributed by atoms with Gasteiger partial charge < -0.3 is 9.64 Å². The molecule has 44 heavy (non-hydrogen) atoms. The topological polar surface area (TPSA) is 74.4 Å². The number of alkyl halides is 7. The van der Waals surface area contributed by atoms with Crippen molar-refractivity contribution in [3.8, 4) is 0 Å². The highest BCUT2D eigenvalue weighted by Gasteiger charge is 2.42. The minimum atomic E-state index is -4.92. The highest BCUT2D eigenvalue weighted by Crippen LogP contribution is 2.45. The zero-order valence-corrected chi connectivity index (χ0v) is 25.8. The maximum absolute atomic E-state index is 14.5. The lowest BCUT2D eigenvalue weighted by Crippen LogP contribution is -2.48. The minimum Gasteiger partial charge on any atom is -0.446 e. The Kier molecular flexibility index (Phi) is 9.26. The number of H-pyrrole nitrogens is 1. The van der Waals surface area contributed by atoms with E-state index >= 15 is 0 Å². The molecular formula is C29H33F7N5O2P. The molecule has 0 fully saturated rings. The number of benzene rings is 1. The molecule has 3 aromatic rings. The van der Waals surface area contributed by atoms with E-state index in [-0.39, 0.29) is 35.7 Å². The molecule has 1 amide bonds. The Morgan fingerprint density at radius 2 is 1.77 bits per heavy atom. The van der Waals surface area contributed by atoms with Gasteiger partial charge in [-0.3, -0.25) is 10.00 Å². The van der Waals surface area contributed by atoms with E-state index in [1.165, 1.54) is 25.1 Å². The van der Waals surface area contributed by atoms with Crippen LogP contribution in [-0.2, 0) is 29.0 Å². The van der Waals surface area contributed by atoms with E-state index in [9.17, 15) is 35.5 Å². The molecule has 0 aliphatic carbocycles. The molecule has 2 aromatic heterocycles. The largest absolute Gasteiger partial charge is 0.446 e. The van der Waals surface area contributed by atoms with Gasteiger partial charge in [0.15, 0.2) is 5.82 Å². The number of nitrogens with zero attached hydrogens (tertiary/aromatic N) is 4. The summed E-state index contributed by atoms with van der Waals surface area (Å²) in [7, 11) is 1.24. The number of amides is 1. The maximum Gasteiger partial charge on any atom is 0.416 e. The van der Waals surface area contributed by atoms with Gasteiger partial charge in [0.25, 0.3) is 11.6 Å². The van der Waals surface area contributed by atoms with Crippen LogP contribution in [0.15, 0.2) is 36.4 Å². The molecule has 0 spiro atoms. The normalized spacial score (nSPS) is 17.5. The van der Waals surface area contributed by atoms with Crippen molar-refractivity contribution in [1.29, 1.82) is 0 Å². The number of anilines is 2. The second-order valence-corrected chi connectivity index (χ2v) is 11.9. The number of nitrogens with one attached hydrogen (secondary N) is 1. The van der Waals surface area contributed by atoms with E-state index in [1.807, 2.05) is 6.92 Å². The predicted octanol–water partition coefficient (Wildman–Crippen LogP) is 8.45. The Balaban J connectivity index is 1.93. The molecule has 0 radical (unpaired) electrons. The van der Waals surface area contributed by atoms with E-state index in [2.05, 4.69) is 15.2 Å². The Morgan fingerprint density at radius 3 is 2.30 bits per heavy atom. The second-order valence-electron chi connectivity index (χ2n) is 11.2. The number of aromatic amines is 1. The average molecular weight is 648 g/mol. The van der Waals surface area contributed by atoms with E-state index < -0.39 is 58.9 Å². The second kappa shape index (κ2) is 12.2. The molecule has 240 valence electrons. The summed E-state index contributed by atoms with van der Waals surface area (Å²) in [6.07, 6.45) is -5.62. The smallest absolute Gasteiger partial charge is 0.416 e. The number of aryl methyl sites for hydroxylation is 1. The molecule has 4 rings (SSSR count). The number of aromatic nitrogens is 3. The third-order valence-corrected chi connectivity index (χ3v) is 7.55. The molecule has 1 N–H and O–H groups in total. The fraction of sp³-hybridized carbons (Fsp3) is 0.483. The summed E-state index contributed by atoms with van der Waals surface area (Å²) in [5, 5.41) is 7.02. The number of carbonyl (C=O) groups excluding carboxylic acids is 1. The maximum atomic E-state index is 14.5. The van der Waals surface area contributed by atoms with Gasteiger partial charge in [0.05, 0.1) is 29.1 Å². The van der Waals surface area contributed by atoms with Crippen LogP contribution in [0, 0.1) is 6.92 Å². The zero-order chi connectivity index (χ0) is 32.8. The summed E-state index contributed by atoms with van der Waals surface area (Å²) < 4.78 is 105. The Hall–Kier alpha value is -3.41. The van der Waals surface area contributed by atoms with Crippen LogP contribution in [0.4, 0.5) is 47.0 Å². The van der Waals surface area contributed by atoms with Gasteiger partial charge >= 0.3 is 12.3 Å². The molecule has 7 nitrogen and oxygen atoms in total. The van der Waals surface area contributed by atoms with Crippen molar-refractivity contribution in [2.75, 3.05) is 9.80 Å². The van der Waals surface area contributed by atoms with Crippen molar-refractivity contribution in [1.82, 2.24) is 15.2 Å². The van der Waals surface area contributed by atoms with Gasteiger partial charge in [-0.2, -0.15) is 35.8 Å². The number of hydrogen-bond acceptors (Lipinski definition) is 5. The Morgan fingerprint density at radius 1 is 1.11 bits per heavy atom. The first-order chi connectivity index (χ1) is 20.3. The Bertz CT molecular complexity index is 1470. The zero-order valence-electron chi connectivity index (χ0n) is 24.6. The molecule has 3 unspecified atom stereocenters. The third-order valence-electron chi connectivity index (χ3n) is 7.21. The fourth-order valence-electron chi connectivity index (χ4n) is 5.20. The molecule has 0 saturated heterocycles. The van der Waals surface area contributed by atoms with E-state index in [1.54, 1.807) is 26.8 Å². The standard InChI is InChI=1S/C29H33F7N5O2P/c1-6-20-13-22(25-21(41(20)26(42)43-15(2)3)7-8-23(37-25)27(5,30)31)40(24-9-16(4)38-39-24)14-17-10-18(28(32,33)34)12-19(11-17)29(35,36)44/h7-12,15,20,22H,6,13-14,44H2,1-5H3,(H,38,39). The lowest BCUT2D eigenvalue weighted by Gasteiger charge is -2.43. The van der Waals surface area contributed by atoms with E-state index in [0.29, 0.717) is 25.1 Å². The van der Waals surface area contributed by atoms with Crippen LogP contribution in [0.1, 0.15) is 80.4 Å². The molecule has 0 saturated carbocycles. The summed E-state index contributed by atoms with van der Waals surface area (Å²) in [6, 6.07) is 4.72. The minimum absolute atomic E-state index is 0.0404. The number of halogens is 7. The van der Waals surface area contributed by atoms with Crippen molar-refractivity contribution >= 4 is 26.8 Å². The van der Waals surface area contributed by atoms with Crippen LogP contribution in [0.25, 0.3) is 0 Å². The Labute approximate surface area is 252 Å². The SMILES string of the molecule is CCC1CC(N(Cc2cc(C(F)(F)F)cc(C(F)(F)P)c2)c2cc(C)[nH]n2)c2nc(C(C)(F)F)ccc2N1C(=O)OC(C)C. The molecule has 3 heterocycles. The summed E-state index contributed by atoms with van der Waals surface area (Å²) >= 11 is 0. The molecule has 1 aliphatic heterocycles. The van der Waals surface area contributed by atoms with Gasteiger partial charge in [-0.05, 0) is 69.5 Å². The van der Waals surface area contributed by atoms with Crippen LogP contribution in [-0.4, -0.2) is 33.4 Å². The number of hydrogen-bond donors (Lipinski definition) is 1. The van der Waals surface area contributed by atoms with Crippen molar-refractivity contribution in [3.63, 3.8) is 0 Å². The molecular weight excluding hydrogens is 614 g/mol. The van der Waals surface area contributed by atoms with Crippen LogP contribution >= 0.6 is 9.24 Å². The van der Waals surface area contributed by atoms with Gasteiger partial charge in [0, 0.05) is 36.8 Å². The van der Waals surface area contributed by atoms with Gasteiger partial charge in [0.1, 0.15) is 5.69 Å². The van der Waals surface area contributed by atoms with Crippen LogP contribution in [0.3, 0.4) is 0 Å². The highest BCUT2D eigenvalue weighted by atomic mass is 31.0. The monoisotopic (exact) mass is 647 g/mol. The molecule has 1 aromatic carbocycles. The van der Waals surface area contributed by atoms with Gasteiger partial charge in [0.2, 0.25) is 0 Å². The van der Waals surface area contributed by atoms with Crippen molar-refractivity contribution in [2.24, 2.45) is 0 Å². The lowest BCUT2D eigenvalue weighted by molar-refractivity contribution is -0.137.